The lowest BCUT2D eigenvalue weighted by Gasteiger charge is -2.30. The monoisotopic (exact) mass is 426 g/mol. The Morgan fingerprint density at radius 2 is 2.00 bits per heavy atom. The molecule has 1 saturated heterocycles. The summed E-state index contributed by atoms with van der Waals surface area (Å²) in [5, 5.41) is 13.6. The molecule has 32 heavy (non-hydrogen) atoms. The standard InChI is InChI=1S/C25H26N6O/c1-18-10-12-31(13-11-18)17-20-7-5-6-19(14-20)16-27-30-25-28-23(21-8-3-2-4-9-21)22(15-26)24(32)29-25/h2-9,14,16,18H,10-13,17H2,1H3,(H2,28,29,30,32). The van der Waals surface area contributed by atoms with Gasteiger partial charge in [0.2, 0.25) is 5.95 Å². The summed E-state index contributed by atoms with van der Waals surface area (Å²) in [4.78, 5) is 21.8. The second kappa shape index (κ2) is 10.0. The average Bonchev–Trinajstić information content (AvgIpc) is 2.81. The molecule has 0 atom stereocenters. The van der Waals surface area contributed by atoms with Crippen molar-refractivity contribution in [2.75, 3.05) is 18.5 Å². The molecule has 1 aliphatic heterocycles. The van der Waals surface area contributed by atoms with Crippen molar-refractivity contribution in [2.24, 2.45) is 11.0 Å². The zero-order valence-electron chi connectivity index (χ0n) is 18.1. The number of benzene rings is 2. The van der Waals surface area contributed by atoms with Crippen LogP contribution in [-0.2, 0) is 6.54 Å². The first-order chi connectivity index (χ1) is 15.6. The molecule has 0 radical (unpaired) electrons. The molecule has 0 saturated carbocycles. The lowest BCUT2D eigenvalue weighted by Crippen LogP contribution is -2.32. The van der Waals surface area contributed by atoms with Crippen LogP contribution in [0.5, 0.6) is 0 Å². The largest absolute Gasteiger partial charge is 0.299 e. The van der Waals surface area contributed by atoms with Gasteiger partial charge in [0.15, 0.2) is 0 Å². The van der Waals surface area contributed by atoms with Gasteiger partial charge in [0, 0.05) is 12.1 Å². The zero-order chi connectivity index (χ0) is 22.3. The van der Waals surface area contributed by atoms with Crippen LogP contribution in [0.3, 0.4) is 0 Å². The minimum atomic E-state index is -0.503. The molecule has 2 N–H and O–H groups in total. The van der Waals surface area contributed by atoms with E-state index in [9.17, 15) is 10.1 Å². The van der Waals surface area contributed by atoms with Crippen LogP contribution in [-0.4, -0.2) is 34.2 Å². The van der Waals surface area contributed by atoms with Gasteiger partial charge < -0.3 is 0 Å². The number of nitrogens with zero attached hydrogens (tertiary/aromatic N) is 4. The molecule has 162 valence electrons. The molecular weight excluding hydrogens is 400 g/mol. The first kappa shape index (κ1) is 21.5. The highest BCUT2D eigenvalue weighted by atomic mass is 16.1. The Hall–Kier alpha value is -3.76. The fraction of sp³-hybridized carbons (Fsp3) is 0.280. The number of likely N-dealkylation sites (tertiary alicyclic amines) is 1. The van der Waals surface area contributed by atoms with Crippen molar-refractivity contribution in [1.29, 1.82) is 5.26 Å². The maximum Gasteiger partial charge on any atom is 0.270 e. The van der Waals surface area contributed by atoms with Gasteiger partial charge in [-0.05, 0) is 49.0 Å². The van der Waals surface area contributed by atoms with Crippen molar-refractivity contribution in [3.8, 4) is 17.3 Å². The van der Waals surface area contributed by atoms with E-state index in [1.807, 2.05) is 48.5 Å². The van der Waals surface area contributed by atoms with Crippen LogP contribution in [0.2, 0.25) is 0 Å². The molecule has 0 bridgehead atoms. The number of aromatic amines is 1. The molecule has 0 aliphatic carbocycles. The Bertz CT molecular complexity index is 1190. The van der Waals surface area contributed by atoms with E-state index in [1.165, 1.54) is 18.4 Å². The highest BCUT2D eigenvalue weighted by Gasteiger charge is 2.16. The lowest BCUT2D eigenvalue weighted by molar-refractivity contribution is 0.185. The predicted octanol–water partition coefficient (Wildman–Crippen LogP) is 3.99. The molecule has 1 aromatic heterocycles. The summed E-state index contributed by atoms with van der Waals surface area (Å²) in [6.07, 6.45) is 4.21. The number of hydrogen-bond donors (Lipinski definition) is 2. The van der Waals surface area contributed by atoms with Gasteiger partial charge in [0.25, 0.3) is 5.56 Å². The normalized spacial score (nSPS) is 15.0. The van der Waals surface area contributed by atoms with E-state index < -0.39 is 5.56 Å². The van der Waals surface area contributed by atoms with E-state index in [2.05, 4.69) is 44.5 Å². The van der Waals surface area contributed by atoms with E-state index in [4.69, 9.17) is 0 Å². The summed E-state index contributed by atoms with van der Waals surface area (Å²) in [6.45, 7) is 5.54. The molecule has 4 rings (SSSR count). The number of H-pyrrole nitrogens is 1. The third-order valence-corrected chi connectivity index (χ3v) is 5.70. The zero-order valence-corrected chi connectivity index (χ0v) is 18.1. The van der Waals surface area contributed by atoms with Crippen LogP contribution in [0, 0.1) is 17.2 Å². The lowest BCUT2D eigenvalue weighted by atomic mass is 9.99. The second-order valence-corrected chi connectivity index (χ2v) is 8.19. The molecule has 2 aromatic carbocycles. The van der Waals surface area contributed by atoms with Crippen molar-refractivity contribution in [3.05, 3.63) is 81.6 Å². The van der Waals surface area contributed by atoms with Crippen LogP contribution in [0.1, 0.15) is 36.5 Å². The summed E-state index contributed by atoms with van der Waals surface area (Å²) in [5.74, 6) is 1.00. The Morgan fingerprint density at radius 3 is 2.75 bits per heavy atom. The van der Waals surface area contributed by atoms with Crippen molar-refractivity contribution >= 4 is 12.2 Å². The Morgan fingerprint density at radius 1 is 1.22 bits per heavy atom. The van der Waals surface area contributed by atoms with E-state index in [1.54, 1.807) is 6.21 Å². The summed E-state index contributed by atoms with van der Waals surface area (Å²) < 4.78 is 0. The number of hydrazone groups is 1. The maximum atomic E-state index is 12.3. The number of rotatable bonds is 6. The number of nitrogens with one attached hydrogen (secondary N) is 2. The highest BCUT2D eigenvalue weighted by molar-refractivity contribution is 5.80. The third-order valence-electron chi connectivity index (χ3n) is 5.70. The first-order valence-electron chi connectivity index (χ1n) is 10.8. The summed E-state index contributed by atoms with van der Waals surface area (Å²) >= 11 is 0. The minimum absolute atomic E-state index is 0.0227. The van der Waals surface area contributed by atoms with Crippen molar-refractivity contribution in [1.82, 2.24) is 14.9 Å². The van der Waals surface area contributed by atoms with Gasteiger partial charge in [0.05, 0.1) is 11.9 Å². The number of anilines is 1. The average molecular weight is 427 g/mol. The summed E-state index contributed by atoms with van der Waals surface area (Å²) in [7, 11) is 0. The molecule has 0 unspecified atom stereocenters. The molecule has 0 amide bonds. The molecule has 0 spiro atoms. The van der Waals surface area contributed by atoms with Crippen LogP contribution >= 0.6 is 0 Å². The fourth-order valence-electron chi connectivity index (χ4n) is 3.85. The van der Waals surface area contributed by atoms with Crippen LogP contribution in [0.25, 0.3) is 11.3 Å². The second-order valence-electron chi connectivity index (χ2n) is 8.19. The number of piperidine rings is 1. The summed E-state index contributed by atoms with van der Waals surface area (Å²) in [6, 6.07) is 19.4. The molecular formula is C25H26N6O. The Kier molecular flexibility index (Phi) is 6.73. The van der Waals surface area contributed by atoms with Crippen LogP contribution in [0.15, 0.2) is 64.5 Å². The van der Waals surface area contributed by atoms with Crippen molar-refractivity contribution < 1.29 is 0 Å². The highest BCUT2D eigenvalue weighted by Crippen LogP contribution is 2.20. The fourth-order valence-corrected chi connectivity index (χ4v) is 3.85. The van der Waals surface area contributed by atoms with Gasteiger partial charge in [-0.3, -0.25) is 14.7 Å². The predicted molar refractivity (Wildman–Crippen MR) is 126 cm³/mol. The SMILES string of the molecule is CC1CCN(Cc2cccc(C=NNc3nc(-c4ccccc4)c(C#N)c(=O)[nH]3)c2)CC1. The van der Waals surface area contributed by atoms with E-state index in [-0.39, 0.29) is 11.5 Å². The van der Waals surface area contributed by atoms with Gasteiger partial charge in [-0.2, -0.15) is 10.4 Å². The molecule has 1 aliphatic rings. The smallest absolute Gasteiger partial charge is 0.270 e. The topological polar surface area (TPSA) is 97.2 Å². The first-order valence-corrected chi connectivity index (χ1v) is 10.8. The quantitative estimate of drug-likeness (QED) is 0.459. The van der Waals surface area contributed by atoms with Gasteiger partial charge in [-0.25, -0.2) is 10.4 Å². The van der Waals surface area contributed by atoms with Gasteiger partial charge in [-0.15, -0.1) is 0 Å². The van der Waals surface area contributed by atoms with Crippen LogP contribution in [0.4, 0.5) is 5.95 Å². The maximum absolute atomic E-state index is 12.3. The van der Waals surface area contributed by atoms with Crippen molar-refractivity contribution in [3.63, 3.8) is 0 Å². The van der Waals surface area contributed by atoms with Gasteiger partial charge in [0.1, 0.15) is 11.6 Å². The van der Waals surface area contributed by atoms with Gasteiger partial charge in [-0.1, -0.05) is 55.5 Å². The molecule has 7 nitrogen and oxygen atoms in total. The number of aromatic nitrogens is 2. The molecule has 7 heteroatoms. The van der Waals surface area contributed by atoms with E-state index in [0.29, 0.717) is 11.3 Å². The van der Waals surface area contributed by atoms with E-state index in [0.717, 1.165) is 31.1 Å². The molecule has 3 aromatic rings. The minimum Gasteiger partial charge on any atom is -0.299 e. The number of hydrogen-bond acceptors (Lipinski definition) is 6. The Balaban J connectivity index is 1.47. The molecule has 1 fully saturated rings. The van der Waals surface area contributed by atoms with E-state index >= 15 is 0 Å². The van der Waals surface area contributed by atoms with Crippen LogP contribution < -0.4 is 11.0 Å². The summed E-state index contributed by atoms with van der Waals surface area (Å²) in [5.41, 5.74) is 5.49. The number of nitriles is 1. The van der Waals surface area contributed by atoms with Gasteiger partial charge >= 0.3 is 0 Å². The molecule has 2 heterocycles. The van der Waals surface area contributed by atoms with Crippen molar-refractivity contribution in [2.45, 2.75) is 26.3 Å². The third kappa shape index (κ3) is 5.29. The Labute approximate surface area is 187 Å².